The lowest BCUT2D eigenvalue weighted by atomic mass is 9.80. The van der Waals surface area contributed by atoms with E-state index in [0.29, 0.717) is 24.9 Å². The molecule has 0 aromatic carbocycles. The Morgan fingerprint density at radius 3 is 2.47 bits per heavy atom. The van der Waals surface area contributed by atoms with Gasteiger partial charge in [0.15, 0.2) is 0 Å². The van der Waals surface area contributed by atoms with Gasteiger partial charge in [-0.05, 0) is 37.6 Å². The Morgan fingerprint density at radius 1 is 1.24 bits per heavy atom. The van der Waals surface area contributed by atoms with Gasteiger partial charge in [-0.2, -0.15) is 0 Å². The van der Waals surface area contributed by atoms with E-state index in [9.17, 15) is 8.42 Å². The lowest BCUT2D eigenvalue weighted by molar-refractivity contribution is 0.0617. The molecule has 2 N–H and O–H groups in total. The number of rotatable bonds is 7. The van der Waals surface area contributed by atoms with Crippen molar-refractivity contribution >= 4 is 9.84 Å². The SMILES string of the molecule is CS(=O)(=O)CCCOCC1CCCCC1CN. The highest BCUT2D eigenvalue weighted by Gasteiger charge is 2.23. The Balaban J connectivity index is 2.12. The molecular formula is C12H25NO3S. The van der Waals surface area contributed by atoms with Crippen molar-refractivity contribution in [2.24, 2.45) is 17.6 Å². The fourth-order valence-corrected chi connectivity index (χ4v) is 3.11. The number of hydrogen-bond acceptors (Lipinski definition) is 4. The summed E-state index contributed by atoms with van der Waals surface area (Å²) in [6.45, 7) is 2.03. The average molecular weight is 263 g/mol. The maximum absolute atomic E-state index is 10.9. The summed E-state index contributed by atoms with van der Waals surface area (Å²) in [5, 5.41) is 0. The predicted octanol–water partition coefficient (Wildman–Crippen LogP) is 1.20. The Kier molecular flexibility index (Phi) is 6.44. The molecule has 0 aromatic heterocycles. The molecule has 1 fully saturated rings. The van der Waals surface area contributed by atoms with Gasteiger partial charge in [-0.15, -0.1) is 0 Å². The van der Waals surface area contributed by atoms with Gasteiger partial charge in [-0.25, -0.2) is 8.42 Å². The Labute approximate surface area is 105 Å². The first-order valence-corrected chi connectivity index (χ1v) is 8.54. The molecule has 1 saturated carbocycles. The smallest absolute Gasteiger partial charge is 0.147 e. The monoisotopic (exact) mass is 263 g/mol. The fourth-order valence-electron chi connectivity index (χ4n) is 2.47. The van der Waals surface area contributed by atoms with Gasteiger partial charge in [0.25, 0.3) is 0 Å². The van der Waals surface area contributed by atoms with E-state index >= 15 is 0 Å². The molecule has 0 bridgehead atoms. The zero-order valence-electron chi connectivity index (χ0n) is 10.7. The maximum Gasteiger partial charge on any atom is 0.147 e. The van der Waals surface area contributed by atoms with Crippen molar-refractivity contribution in [3.63, 3.8) is 0 Å². The largest absolute Gasteiger partial charge is 0.381 e. The fraction of sp³-hybridized carbons (Fsp3) is 1.00. The van der Waals surface area contributed by atoms with E-state index in [4.69, 9.17) is 10.5 Å². The van der Waals surface area contributed by atoms with E-state index in [0.717, 1.165) is 13.2 Å². The van der Waals surface area contributed by atoms with Crippen LogP contribution in [-0.4, -0.2) is 40.2 Å². The minimum Gasteiger partial charge on any atom is -0.381 e. The molecule has 1 aliphatic rings. The van der Waals surface area contributed by atoms with Crippen molar-refractivity contribution in [2.45, 2.75) is 32.1 Å². The molecule has 0 saturated heterocycles. The van der Waals surface area contributed by atoms with Gasteiger partial charge in [-0.3, -0.25) is 0 Å². The van der Waals surface area contributed by atoms with Crippen LogP contribution in [0.15, 0.2) is 0 Å². The van der Waals surface area contributed by atoms with E-state index < -0.39 is 9.84 Å². The second kappa shape index (κ2) is 7.34. The minimum absolute atomic E-state index is 0.220. The quantitative estimate of drug-likeness (QED) is 0.701. The number of sulfone groups is 1. The normalized spacial score (nSPS) is 26.0. The minimum atomic E-state index is -2.84. The molecule has 0 aromatic rings. The summed E-state index contributed by atoms with van der Waals surface area (Å²) in [5.41, 5.74) is 5.75. The third-order valence-corrected chi connectivity index (χ3v) is 4.54. The van der Waals surface area contributed by atoms with Gasteiger partial charge >= 0.3 is 0 Å². The number of ether oxygens (including phenoxy) is 1. The third kappa shape index (κ3) is 6.38. The van der Waals surface area contributed by atoms with E-state index in [-0.39, 0.29) is 5.75 Å². The van der Waals surface area contributed by atoms with Gasteiger partial charge in [0.1, 0.15) is 9.84 Å². The summed E-state index contributed by atoms with van der Waals surface area (Å²) in [5.74, 6) is 1.39. The van der Waals surface area contributed by atoms with Crippen molar-refractivity contribution < 1.29 is 13.2 Å². The zero-order valence-corrected chi connectivity index (χ0v) is 11.5. The molecule has 2 atom stereocenters. The van der Waals surface area contributed by atoms with Crippen LogP contribution in [0.2, 0.25) is 0 Å². The molecule has 0 aliphatic heterocycles. The Morgan fingerprint density at radius 2 is 1.88 bits per heavy atom. The van der Waals surface area contributed by atoms with Crippen LogP contribution in [-0.2, 0) is 14.6 Å². The van der Waals surface area contributed by atoms with Crippen LogP contribution >= 0.6 is 0 Å². The summed E-state index contributed by atoms with van der Waals surface area (Å²) >= 11 is 0. The second-order valence-corrected chi connectivity index (χ2v) is 7.36. The highest BCUT2D eigenvalue weighted by atomic mass is 32.2. The standard InChI is InChI=1S/C12H25NO3S/c1-17(14,15)8-4-7-16-10-12-6-3-2-5-11(12)9-13/h11-12H,2-10,13H2,1H3. The van der Waals surface area contributed by atoms with Crippen LogP contribution < -0.4 is 5.73 Å². The van der Waals surface area contributed by atoms with Crippen LogP contribution in [0, 0.1) is 11.8 Å². The first kappa shape index (κ1) is 14.9. The average Bonchev–Trinajstić information content (AvgIpc) is 2.27. The molecule has 0 heterocycles. The van der Waals surface area contributed by atoms with Crippen molar-refractivity contribution in [2.75, 3.05) is 31.8 Å². The van der Waals surface area contributed by atoms with Gasteiger partial charge in [0.2, 0.25) is 0 Å². The van der Waals surface area contributed by atoms with Gasteiger partial charge in [0.05, 0.1) is 5.75 Å². The molecule has 0 spiro atoms. The lowest BCUT2D eigenvalue weighted by Crippen LogP contribution is -2.30. The predicted molar refractivity (Wildman–Crippen MR) is 69.6 cm³/mol. The van der Waals surface area contributed by atoms with Gasteiger partial charge < -0.3 is 10.5 Å². The van der Waals surface area contributed by atoms with Crippen LogP contribution in [0.25, 0.3) is 0 Å². The molecular weight excluding hydrogens is 238 g/mol. The molecule has 102 valence electrons. The van der Waals surface area contributed by atoms with E-state index in [2.05, 4.69) is 0 Å². The van der Waals surface area contributed by atoms with E-state index in [1.807, 2.05) is 0 Å². The molecule has 5 heteroatoms. The first-order chi connectivity index (χ1) is 8.03. The summed E-state index contributed by atoms with van der Waals surface area (Å²) < 4.78 is 27.4. The number of nitrogens with two attached hydrogens (primary N) is 1. The molecule has 1 aliphatic carbocycles. The van der Waals surface area contributed by atoms with Crippen LogP contribution in [0.4, 0.5) is 0 Å². The summed E-state index contributed by atoms with van der Waals surface area (Å²) in [6.07, 6.45) is 6.83. The Bertz CT molecular complexity index is 303. The molecule has 0 radical (unpaired) electrons. The van der Waals surface area contributed by atoms with Crippen molar-refractivity contribution in [3.8, 4) is 0 Å². The van der Waals surface area contributed by atoms with Crippen LogP contribution in [0.3, 0.4) is 0 Å². The molecule has 1 rings (SSSR count). The van der Waals surface area contributed by atoms with Crippen molar-refractivity contribution in [3.05, 3.63) is 0 Å². The Hall–Kier alpha value is -0.130. The van der Waals surface area contributed by atoms with Gasteiger partial charge in [0, 0.05) is 19.5 Å². The summed E-state index contributed by atoms with van der Waals surface area (Å²) in [6, 6.07) is 0. The van der Waals surface area contributed by atoms with Crippen LogP contribution in [0.1, 0.15) is 32.1 Å². The topological polar surface area (TPSA) is 69.4 Å². The lowest BCUT2D eigenvalue weighted by Gasteiger charge is -2.30. The molecule has 4 nitrogen and oxygen atoms in total. The van der Waals surface area contributed by atoms with Crippen molar-refractivity contribution in [1.82, 2.24) is 0 Å². The maximum atomic E-state index is 10.9. The summed E-state index contributed by atoms with van der Waals surface area (Å²) in [7, 11) is -2.84. The zero-order chi connectivity index (χ0) is 12.7. The molecule has 0 amide bonds. The highest BCUT2D eigenvalue weighted by molar-refractivity contribution is 7.90. The molecule has 17 heavy (non-hydrogen) atoms. The third-order valence-electron chi connectivity index (χ3n) is 3.50. The van der Waals surface area contributed by atoms with E-state index in [1.54, 1.807) is 0 Å². The summed E-state index contributed by atoms with van der Waals surface area (Å²) in [4.78, 5) is 0. The molecule has 2 unspecified atom stereocenters. The van der Waals surface area contributed by atoms with Crippen molar-refractivity contribution in [1.29, 1.82) is 0 Å². The van der Waals surface area contributed by atoms with Crippen LogP contribution in [0.5, 0.6) is 0 Å². The second-order valence-electron chi connectivity index (χ2n) is 5.10. The number of hydrogen-bond donors (Lipinski definition) is 1. The van der Waals surface area contributed by atoms with E-state index in [1.165, 1.54) is 31.9 Å². The highest BCUT2D eigenvalue weighted by Crippen LogP contribution is 2.29. The van der Waals surface area contributed by atoms with Gasteiger partial charge in [-0.1, -0.05) is 12.8 Å². The first-order valence-electron chi connectivity index (χ1n) is 6.48.